The number of carbonyl (C=O) groups is 4. The highest BCUT2D eigenvalue weighted by Gasteiger charge is 2.53. The van der Waals surface area contributed by atoms with E-state index in [1.54, 1.807) is 24.3 Å². The van der Waals surface area contributed by atoms with Crippen LogP contribution in [-0.2, 0) is 19.1 Å². The molecule has 0 radical (unpaired) electrons. The summed E-state index contributed by atoms with van der Waals surface area (Å²) in [6, 6.07) is 10.7. The molecule has 4 atom stereocenters. The first-order valence-electron chi connectivity index (χ1n) is 11.9. The minimum atomic E-state index is -0.721. The van der Waals surface area contributed by atoms with Gasteiger partial charge in [0.15, 0.2) is 24.8 Å². The van der Waals surface area contributed by atoms with E-state index in [0.717, 1.165) is 22.3 Å². The summed E-state index contributed by atoms with van der Waals surface area (Å²) in [6.07, 6.45) is 4.49. The number of esters is 2. The number of Topliss-reactive ketones (excluding diaryl/α,β-unsaturated/α-hetero) is 2. The van der Waals surface area contributed by atoms with Crippen molar-refractivity contribution < 1.29 is 28.7 Å². The first-order chi connectivity index (χ1) is 16.7. The van der Waals surface area contributed by atoms with Crippen LogP contribution < -0.4 is 0 Å². The van der Waals surface area contributed by atoms with Crippen LogP contribution in [0.4, 0.5) is 0 Å². The molecule has 1 fully saturated rings. The van der Waals surface area contributed by atoms with Crippen LogP contribution in [0.3, 0.4) is 0 Å². The molecule has 6 nitrogen and oxygen atoms in total. The number of aryl methyl sites for hydroxylation is 4. The number of fused-ring (bicyclic) bond motifs is 2. The van der Waals surface area contributed by atoms with Gasteiger partial charge >= 0.3 is 11.9 Å². The van der Waals surface area contributed by atoms with Crippen molar-refractivity contribution in [2.75, 3.05) is 13.2 Å². The Morgan fingerprint density at radius 1 is 0.657 bits per heavy atom. The zero-order chi connectivity index (χ0) is 25.3. The van der Waals surface area contributed by atoms with Crippen molar-refractivity contribution in [3.05, 3.63) is 81.9 Å². The second-order valence-corrected chi connectivity index (χ2v) is 9.66. The number of carbonyl (C=O) groups excluding carboxylic acids is 4. The van der Waals surface area contributed by atoms with E-state index in [1.807, 2.05) is 52.0 Å². The summed E-state index contributed by atoms with van der Waals surface area (Å²) in [6.45, 7) is 6.99. The number of ketones is 2. The van der Waals surface area contributed by atoms with Crippen molar-refractivity contribution in [3.63, 3.8) is 0 Å². The lowest BCUT2D eigenvalue weighted by molar-refractivity contribution is -0.160. The largest absolute Gasteiger partial charge is 0.457 e. The molecular formula is C29H30O6. The average molecular weight is 475 g/mol. The van der Waals surface area contributed by atoms with Crippen molar-refractivity contribution in [3.8, 4) is 0 Å². The van der Waals surface area contributed by atoms with Gasteiger partial charge in [-0.3, -0.25) is 19.2 Å². The summed E-state index contributed by atoms with van der Waals surface area (Å²) in [5.74, 6) is -3.47. The van der Waals surface area contributed by atoms with Crippen LogP contribution >= 0.6 is 0 Å². The molecule has 2 aliphatic rings. The van der Waals surface area contributed by atoms with Crippen molar-refractivity contribution >= 4 is 23.5 Å². The molecule has 35 heavy (non-hydrogen) atoms. The standard InChI is InChI=1S/C29H30O6/c1-16-5-7-20(11-18(16)3)24(30)14-34-28(32)26-22-9-10-23(13-22)27(26)29(33)35-15-25(31)21-8-6-17(2)19(4)12-21/h5-12,22-23,26-27H,13-15H2,1-4H3/t22-,23-,26-,27+/m1/s1. The Bertz CT molecular complexity index is 1130. The Labute approximate surface area is 205 Å². The summed E-state index contributed by atoms with van der Waals surface area (Å²) in [5, 5.41) is 0. The molecule has 1 saturated carbocycles. The highest BCUT2D eigenvalue weighted by molar-refractivity contribution is 5.99. The van der Waals surface area contributed by atoms with Gasteiger partial charge in [0, 0.05) is 11.1 Å². The lowest BCUT2D eigenvalue weighted by Gasteiger charge is -2.24. The lowest BCUT2D eigenvalue weighted by Crippen LogP contribution is -2.36. The number of hydrogen-bond donors (Lipinski definition) is 0. The van der Waals surface area contributed by atoms with Gasteiger partial charge in [-0.25, -0.2) is 0 Å². The zero-order valence-corrected chi connectivity index (χ0v) is 20.5. The fourth-order valence-corrected chi connectivity index (χ4v) is 4.93. The quantitative estimate of drug-likeness (QED) is 0.318. The SMILES string of the molecule is Cc1ccc(C(=O)COC(=O)[C@@H]2[C@H](C(=O)OCC(=O)c3ccc(C)c(C)c3)[C@@H]3C=C[C@@H]2C3)cc1C. The molecule has 2 aromatic rings. The molecular weight excluding hydrogens is 444 g/mol. The molecule has 0 N–H and O–H groups in total. The predicted octanol–water partition coefficient (Wildman–Crippen LogP) is 4.51. The van der Waals surface area contributed by atoms with Gasteiger partial charge in [-0.15, -0.1) is 0 Å². The fraction of sp³-hybridized carbons (Fsp3) is 0.379. The van der Waals surface area contributed by atoms with Crippen molar-refractivity contribution in [2.24, 2.45) is 23.7 Å². The van der Waals surface area contributed by atoms with Crippen LogP contribution in [0.5, 0.6) is 0 Å². The summed E-state index contributed by atoms with van der Waals surface area (Å²) in [7, 11) is 0. The van der Waals surface area contributed by atoms with E-state index in [0.29, 0.717) is 17.5 Å². The monoisotopic (exact) mass is 474 g/mol. The minimum Gasteiger partial charge on any atom is -0.457 e. The number of ether oxygens (including phenoxy) is 2. The summed E-state index contributed by atoms with van der Waals surface area (Å²) in [4.78, 5) is 51.0. The molecule has 0 saturated heterocycles. The summed E-state index contributed by atoms with van der Waals surface area (Å²) in [5.41, 5.74) is 5.08. The Morgan fingerprint density at radius 2 is 1.06 bits per heavy atom. The van der Waals surface area contributed by atoms with E-state index in [1.165, 1.54) is 0 Å². The van der Waals surface area contributed by atoms with E-state index in [2.05, 4.69) is 0 Å². The summed E-state index contributed by atoms with van der Waals surface area (Å²) < 4.78 is 10.7. The van der Waals surface area contributed by atoms with Gasteiger partial charge in [0.1, 0.15) is 0 Å². The van der Waals surface area contributed by atoms with Crippen molar-refractivity contribution in [1.82, 2.24) is 0 Å². The van der Waals surface area contributed by atoms with E-state index < -0.39 is 23.8 Å². The van der Waals surface area contributed by atoms with Gasteiger partial charge in [0.05, 0.1) is 11.8 Å². The number of rotatable bonds is 8. The Hall–Kier alpha value is -3.54. The van der Waals surface area contributed by atoms with Crippen LogP contribution in [0.25, 0.3) is 0 Å². The van der Waals surface area contributed by atoms with Crippen molar-refractivity contribution in [2.45, 2.75) is 34.1 Å². The van der Waals surface area contributed by atoms with E-state index >= 15 is 0 Å². The van der Waals surface area contributed by atoms with Gasteiger partial charge in [-0.1, -0.05) is 36.4 Å². The molecule has 2 aromatic carbocycles. The second kappa shape index (κ2) is 9.98. The number of allylic oxidation sites excluding steroid dienone is 2. The average Bonchev–Trinajstić information content (AvgIpc) is 3.46. The summed E-state index contributed by atoms with van der Waals surface area (Å²) >= 11 is 0. The molecule has 0 spiro atoms. The highest BCUT2D eigenvalue weighted by Crippen LogP contribution is 2.49. The maximum atomic E-state index is 13.0. The first-order valence-corrected chi connectivity index (χ1v) is 11.9. The third-order valence-electron chi connectivity index (χ3n) is 7.35. The molecule has 2 bridgehead atoms. The lowest BCUT2D eigenvalue weighted by atomic mass is 9.83. The maximum absolute atomic E-state index is 13.0. The van der Waals surface area contributed by atoms with Gasteiger partial charge in [-0.05, 0) is 80.3 Å². The Kier molecular flexibility index (Phi) is 7.01. The first kappa shape index (κ1) is 24.6. The third-order valence-corrected chi connectivity index (χ3v) is 7.35. The smallest absolute Gasteiger partial charge is 0.310 e. The van der Waals surface area contributed by atoms with E-state index in [4.69, 9.17) is 9.47 Å². The molecule has 2 aliphatic carbocycles. The predicted molar refractivity (Wildman–Crippen MR) is 130 cm³/mol. The molecule has 6 heteroatoms. The van der Waals surface area contributed by atoms with Gasteiger partial charge in [-0.2, -0.15) is 0 Å². The van der Waals surface area contributed by atoms with E-state index in [9.17, 15) is 19.2 Å². The van der Waals surface area contributed by atoms with Crippen LogP contribution in [0, 0.1) is 51.4 Å². The van der Waals surface area contributed by atoms with Gasteiger partial charge < -0.3 is 9.47 Å². The highest BCUT2D eigenvalue weighted by atomic mass is 16.5. The molecule has 0 aromatic heterocycles. The fourth-order valence-electron chi connectivity index (χ4n) is 4.93. The molecule has 0 aliphatic heterocycles. The van der Waals surface area contributed by atoms with Crippen molar-refractivity contribution in [1.29, 1.82) is 0 Å². The molecule has 0 amide bonds. The van der Waals surface area contributed by atoms with Gasteiger partial charge in [0.2, 0.25) is 0 Å². The Balaban J connectivity index is 1.37. The molecule has 182 valence electrons. The number of benzene rings is 2. The normalized spacial score (nSPS) is 22.2. The molecule has 0 unspecified atom stereocenters. The minimum absolute atomic E-state index is 0.141. The van der Waals surface area contributed by atoms with E-state index in [-0.39, 0.29) is 36.6 Å². The van der Waals surface area contributed by atoms with Crippen LogP contribution in [0.2, 0.25) is 0 Å². The van der Waals surface area contributed by atoms with Crippen LogP contribution in [0.1, 0.15) is 49.4 Å². The van der Waals surface area contributed by atoms with Gasteiger partial charge in [0.25, 0.3) is 0 Å². The van der Waals surface area contributed by atoms with Crippen LogP contribution in [-0.4, -0.2) is 36.7 Å². The maximum Gasteiger partial charge on any atom is 0.310 e. The third kappa shape index (κ3) is 5.11. The topological polar surface area (TPSA) is 86.7 Å². The molecule has 0 heterocycles. The second-order valence-electron chi connectivity index (χ2n) is 9.66. The zero-order valence-electron chi connectivity index (χ0n) is 20.5. The van der Waals surface area contributed by atoms with Crippen LogP contribution in [0.15, 0.2) is 48.6 Å². The molecule has 4 rings (SSSR count). The number of hydrogen-bond acceptors (Lipinski definition) is 6. The Morgan fingerprint density at radius 3 is 1.43 bits per heavy atom.